The van der Waals surface area contributed by atoms with Gasteiger partial charge in [0.1, 0.15) is 5.82 Å². The van der Waals surface area contributed by atoms with Gasteiger partial charge in [0.2, 0.25) is 5.95 Å². The zero-order valence-electron chi connectivity index (χ0n) is 10.6. The molecule has 0 fully saturated rings. The van der Waals surface area contributed by atoms with Crippen LogP contribution in [0.1, 0.15) is 15.9 Å². The summed E-state index contributed by atoms with van der Waals surface area (Å²) < 4.78 is 13.0. The molecule has 1 aromatic heterocycles. The molecule has 1 heterocycles. The third-order valence-corrected chi connectivity index (χ3v) is 2.63. The summed E-state index contributed by atoms with van der Waals surface area (Å²) in [5.74, 6) is 4.69. The van der Waals surface area contributed by atoms with E-state index in [1.165, 1.54) is 24.5 Å². The van der Waals surface area contributed by atoms with Crippen LogP contribution in [0.25, 0.3) is 0 Å². The number of amides is 1. The molecule has 2 aromatic rings. The number of carbonyl (C=O) groups excluding carboxylic acids is 1. The standard InChI is InChI=1S/C13H14FN5O/c14-11-3-1-2-9(6-11)4-5-16-13-17-7-10(8-18-13)12(20)19-15/h1-3,6-8H,4-5,15H2,(H,19,20)(H,16,17,18). The Hall–Kier alpha value is -2.54. The first-order valence-corrected chi connectivity index (χ1v) is 6.00. The van der Waals surface area contributed by atoms with Crippen molar-refractivity contribution >= 4 is 11.9 Å². The second-order valence-electron chi connectivity index (χ2n) is 4.08. The van der Waals surface area contributed by atoms with Crippen molar-refractivity contribution in [2.24, 2.45) is 5.84 Å². The first-order valence-electron chi connectivity index (χ1n) is 6.00. The van der Waals surface area contributed by atoms with Crippen LogP contribution >= 0.6 is 0 Å². The number of nitrogens with one attached hydrogen (secondary N) is 2. The van der Waals surface area contributed by atoms with Crippen molar-refractivity contribution in [1.29, 1.82) is 0 Å². The summed E-state index contributed by atoms with van der Waals surface area (Å²) in [6, 6.07) is 6.40. The number of carbonyl (C=O) groups is 1. The number of nitrogens with two attached hydrogens (primary N) is 1. The van der Waals surface area contributed by atoms with E-state index in [-0.39, 0.29) is 11.4 Å². The van der Waals surface area contributed by atoms with Crippen molar-refractivity contribution in [2.75, 3.05) is 11.9 Å². The highest BCUT2D eigenvalue weighted by atomic mass is 19.1. The Morgan fingerprint density at radius 1 is 1.30 bits per heavy atom. The number of hydrogen-bond donors (Lipinski definition) is 3. The van der Waals surface area contributed by atoms with Crippen molar-refractivity contribution in [3.05, 3.63) is 53.6 Å². The molecule has 0 saturated heterocycles. The summed E-state index contributed by atoms with van der Waals surface area (Å²) in [6.07, 6.45) is 3.39. The molecule has 20 heavy (non-hydrogen) atoms. The topological polar surface area (TPSA) is 92.9 Å². The molecule has 0 radical (unpaired) electrons. The number of hydrogen-bond acceptors (Lipinski definition) is 5. The minimum atomic E-state index is -0.448. The molecule has 1 amide bonds. The van der Waals surface area contributed by atoms with E-state index in [9.17, 15) is 9.18 Å². The van der Waals surface area contributed by atoms with Crippen LogP contribution in [-0.4, -0.2) is 22.4 Å². The van der Waals surface area contributed by atoms with Crippen LogP contribution < -0.4 is 16.6 Å². The Labute approximate surface area is 115 Å². The second-order valence-corrected chi connectivity index (χ2v) is 4.08. The Morgan fingerprint density at radius 3 is 2.70 bits per heavy atom. The van der Waals surface area contributed by atoms with Crippen molar-refractivity contribution in [1.82, 2.24) is 15.4 Å². The van der Waals surface area contributed by atoms with Gasteiger partial charge in [-0.2, -0.15) is 0 Å². The zero-order chi connectivity index (χ0) is 14.4. The minimum absolute atomic E-state index is 0.254. The summed E-state index contributed by atoms with van der Waals surface area (Å²) in [7, 11) is 0. The fraction of sp³-hybridized carbons (Fsp3) is 0.154. The lowest BCUT2D eigenvalue weighted by Crippen LogP contribution is -2.30. The largest absolute Gasteiger partial charge is 0.354 e. The average Bonchev–Trinajstić information content (AvgIpc) is 2.47. The van der Waals surface area contributed by atoms with Gasteiger partial charge in [0, 0.05) is 18.9 Å². The molecule has 4 N–H and O–H groups in total. The van der Waals surface area contributed by atoms with E-state index in [1.54, 1.807) is 6.07 Å². The lowest BCUT2D eigenvalue weighted by molar-refractivity contribution is 0.0953. The summed E-state index contributed by atoms with van der Waals surface area (Å²) in [5, 5.41) is 2.99. The van der Waals surface area contributed by atoms with Gasteiger partial charge in [-0.3, -0.25) is 10.2 Å². The van der Waals surface area contributed by atoms with Crippen LogP contribution in [0.15, 0.2) is 36.7 Å². The van der Waals surface area contributed by atoms with Crippen molar-refractivity contribution in [2.45, 2.75) is 6.42 Å². The van der Waals surface area contributed by atoms with E-state index in [0.717, 1.165) is 5.56 Å². The molecule has 0 unspecified atom stereocenters. The number of anilines is 1. The summed E-state index contributed by atoms with van der Waals surface area (Å²) in [5.41, 5.74) is 3.16. The molecule has 0 aliphatic carbocycles. The smallest absolute Gasteiger partial charge is 0.268 e. The highest BCUT2D eigenvalue weighted by molar-refractivity contribution is 5.93. The fourth-order valence-corrected chi connectivity index (χ4v) is 1.63. The predicted molar refractivity (Wildman–Crippen MR) is 72.3 cm³/mol. The van der Waals surface area contributed by atoms with E-state index in [4.69, 9.17) is 5.84 Å². The SMILES string of the molecule is NNC(=O)c1cnc(NCCc2cccc(F)c2)nc1. The normalized spacial score (nSPS) is 10.1. The molecule has 6 nitrogen and oxygen atoms in total. The Balaban J connectivity index is 1.86. The maximum Gasteiger partial charge on any atom is 0.268 e. The lowest BCUT2D eigenvalue weighted by Gasteiger charge is -2.05. The first kappa shape index (κ1) is 13.9. The summed E-state index contributed by atoms with van der Waals surface area (Å²) >= 11 is 0. The zero-order valence-corrected chi connectivity index (χ0v) is 10.6. The number of aromatic nitrogens is 2. The monoisotopic (exact) mass is 275 g/mol. The summed E-state index contributed by atoms with van der Waals surface area (Å²) in [4.78, 5) is 19.2. The van der Waals surface area contributed by atoms with Gasteiger partial charge >= 0.3 is 0 Å². The number of nitrogen functional groups attached to an aromatic ring is 1. The van der Waals surface area contributed by atoms with Gasteiger partial charge in [-0.25, -0.2) is 20.2 Å². The maximum absolute atomic E-state index is 13.0. The van der Waals surface area contributed by atoms with E-state index < -0.39 is 5.91 Å². The Morgan fingerprint density at radius 2 is 2.05 bits per heavy atom. The van der Waals surface area contributed by atoms with E-state index in [2.05, 4.69) is 15.3 Å². The third-order valence-electron chi connectivity index (χ3n) is 2.63. The molecule has 1 aromatic carbocycles. The van der Waals surface area contributed by atoms with Gasteiger partial charge in [-0.05, 0) is 24.1 Å². The Kier molecular flexibility index (Phi) is 4.56. The summed E-state index contributed by atoms with van der Waals surface area (Å²) in [6.45, 7) is 0.561. The fourth-order valence-electron chi connectivity index (χ4n) is 1.63. The molecule has 0 spiro atoms. The van der Waals surface area contributed by atoms with Gasteiger partial charge in [-0.1, -0.05) is 12.1 Å². The average molecular weight is 275 g/mol. The van der Waals surface area contributed by atoms with Crippen LogP contribution in [0.5, 0.6) is 0 Å². The molecule has 0 bridgehead atoms. The van der Waals surface area contributed by atoms with Gasteiger partial charge in [0.25, 0.3) is 5.91 Å². The van der Waals surface area contributed by atoms with E-state index in [1.807, 2.05) is 11.5 Å². The van der Waals surface area contributed by atoms with Gasteiger partial charge < -0.3 is 5.32 Å². The Bertz CT molecular complexity index is 588. The predicted octanol–water partition coefficient (Wildman–Crippen LogP) is 0.874. The van der Waals surface area contributed by atoms with Gasteiger partial charge in [0.05, 0.1) is 5.56 Å². The molecular weight excluding hydrogens is 261 g/mol. The molecule has 0 saturated carbocycles. The second kappa shape index (κ2) is 6.58. The quantitative estimate of drug-likeness (QED) is 0.428. The van der Waals surface area contributed by atoms with Gasteiger partial charge in [0.15, 0.2) is 0 Å². The maximum atomic E-state index is 13.0. The number of nitrogens with zero attached hydrogens (tertiary/aromatic N) is 2. The van der Waals surface area contributed by atoms with E-state index >= 15 is 0 Å². The highest BCUT2D eigenvalue weighted by Crippen LogP contribution is 2.05. The highest BCUT2D eigenvalue weighted by Gasteiger charge is 2.04. The molecule has 0 atom stereocenters. The third kappa shape index (κ3) is 3.72. The number of rotatable bonds is 5. The lowest BCUT2D eigenvalue weighted by atomic mass is 10.1. The number of hydrazine groups is 1. The van der Waals surface area contributed by atoms with Crippen LogP contribution in [0, 0.1) is 5.82 Å². The van der Waals surface area contributed by atoms with Gasteiger partial charge in [-0.15, -0.1) is 0 Å². The number of halogens is 1. The molecule has 7 heteroatoms. The van der Waals surface area contributed by atoms with Crippen LogP contribution in [0.3, 0.4) is 0 Å². The molecule has 0 aliphatic heterocycles. The van der Waals surface area contributed by atoms with Crippen molar-refractivity contribution < 1.29 is 9.18 Å². The molecular formula is C13H14FN5O. The minimum Gasteiger partial charge on any atom is -0.354 e. The molecule has 2 rings (SSSR count). The first-order chi connectivity index (χ1) is 9.69. The van der Waals surface area contributed by atoms with E-state index in [0.29, 0.717) is 18.9 Å². The van der Waals surface area contributed by atoms with Crippen LogP contribution in [0.4, 0.5) is 10.3 Å². The molecule has 0 aliphatic rings. The number of benzene rings is 1. The van der Waals surface area contributed by atoms with Crippen molar-refractivity contribution in [3.63, 3.8) is 0 Å². The van der Waals surface area contributed by atoms with Crippen molar-refractivity contribution in [3.8, 4) is 0 Å². The van der Waals surface area contributed by atoms with Crippen LogP contribution in [0.2, 0.25) is 0 Å². The van der Waals surface area contributed by atoms with Crippen LogP contribution in [-0.2, 0) is 6.42 Å². The molecule has 104 valence electrons.